The van der Waals surface area contributed by atoms with Crippen LogP contribution >= 0.6 is 23.2 Å². The van der Waals surface area contributed by atoms with Gasteiger partial charge in [0.1, 0.15) is 5.82 Å². The molecule has 88 valence electrons. The summed E-state index contributed by atoms with van der Waals surface area (Å²) < 4.78 is 13.5. The Bertz CT molecular complexity index is 511. The largest absolute Gasteiger partial charge is 0.207 e. The normalized spacial score (nSPS) is 12.4. The third kappa shape index (κ3) is 2.99. The van der Waals surface area contributed by atoms with E-state index in [1.54, 1.807) is 18.2 Å². The molecule has 0 nitrogen and oxygen atoms in total. The molecule has 0 saturated heterocycles. The second kappa shape index (κ2) is 5.52. The van der Waals surface area contributed by atoms with Gasteiger partial charge in [0, 0.05) is 10.6 Å². The zero-order chi connectivity index (χ0) is 12.3. The van der Waals surface area contributed by atoms with Crippen LogP contribution in [-0.4, -0.2) is 0 Å². The van der Waals surface area contributed by atoms with Gasteiger partial charge in [0.15, 0.2) is 0 Å². The molecule has 2 aromatic rings. The van der Waals surface area contributed by atoms with Gasteiger partial charge in [0.05, 0.1) is 5.38 Å². The molecule has 0 aliphatic rings. The first-order valence-corrected chi connectivity index (χ1v) is 6.12. The lowest BCUT2D eigenvalue weighted by Crippen LogP contribution is -1.99. The Morgan fingerprint density at radius 2 is 1.65 bits per heavy atom. The highest BCUT2D eigenvalue weighted by Gasteiger charge is 2.14. The summed E-state index contributed by atoms with van der Waals surface area (Å²) in [4.78, 5) is 0. The third-order valence-electron chi connectivity index (χ3n) is 2.60. The summed E-state index contributed by atoms with van der Waals surface area (Å²) in [6.07, 6.45) is 0.516. The van der Waals surface area contributed by atoms with Gasteiger partial charge in [-0.05, 0) is 24.1 Å². The molecule has 0 aromatic heterocycles. The van der Waals surface area contributed by atoms with Gasteiger partial charge >= 0.3 is 0 Å². The number of hydrogen-bond donors (Lipinski definition) is 0. The maximum Gasteiger partial charge on any atom is 0.127 e. The second-order valence-corrected chi connectivity index (χ2v) is 4.72. The van der Waals surface area contributed by atoms with Crippen LogP contribution in [0, 0.1) is 5.82 Å². The Labute approximate surface area is 110 Å². The monoisotopic (exact) mass is 268 g/mol. The summed E-state index contributed by atoms with van der Waals surface area (Å²) in [6.45, 7) is 0. The van der Waals surface area contributed by atoms with Crippen LogP contribution in [0.25, 0.3) is 0 Å². The lowest BCUT2D eigenvalue weighted by molar-refractivity contribution is 0.606. The van der Waals surface area contributed by atoms with Crippen LogP contribution in [0.5, 0.6) is 0 Å². The zero-order valence-corrected chi connectivity index (χ0v) is 10.5. The molecule has 0 fully saturated rings. The summed E-state index contributed by atoms with van der Waals surface area (Å²) in [5, 5.41) is 0.255. The molecule has 0 heterocycles. The SMILES string of the molecule is Fc1ccccc1C(Cl)Cc1ccccc1Cl. The molecule has 0 bridgehead atoms. The molecule has 0 N–H and O–H groups in total. The molecule has 1 atom stereocenters. The van der Waals surface area contributed by atoms with Gasteiger partial charge < -0.3 is 0 Å². The molecule has 3 heteroatoms. The molecule has 0 saturated carbocycles. The first-order valence-electron chi connectivity index (χ1n) is 5.30. The van der Waals surface area contributed by atoms with E-state index < -0.39 is 5.38 Å². The van der Waals surface area contributed by atoms with Gasteiger partial charge in [-0.2, -0.15) is 0 Å². The van der Waals surface area contributed by atoms with Crippen molar-refractivity contribution in [2.45, 2.75) is 11.8 Å². The zero-order valence-electron chi connectivity index (χ0n) is 9.04. The quantitative estimate of drug-likeness (QED) is 0.688. The highest BCUT2D eigenvalue weighted by molar-refractivity contribution is 6.31. The topological polar surface area (TPSA) is 0 Å². The van der Waals surface area contributed by atoms with Gasteiger partial charge in [0.25, 0.3) is 0 Å². The molecular formula is C14H11Cl2F. The van der Waals surface area contributed by atoms with Crippen molar-refractivity contribution >= 4 is 23.2 Å². The van der Waals surface area contributed by atoms with E-state index in [4.69, 9.17) is 23.2 Å². The van der Waals surface area contributed by atoms with Crippen LogP contribution in [0.2, 0.25) is 5.02 Å². The summed E-state index contributed by atoms with van der Waals surface area (Å²) in [6, 6.07) is 14.0. The lowest BCUT2D eigenvalue weighted by Gasteiger charge is -2.11. The van der Waals surface area contributed by atoms with E-state index in [0.717, 1.165) is 5.56 Å². The molecule has 17 heavy (non-hydrogen) atoms. The van der Waals surface area contributed by atoms with E-state index >= 15 is 0 Å². The Morgan fingerprint density at radius 1 is 1.00 bits per heavy atom. The van der Waals surface area contributed by atoms with Gasteiger partial charge in [-0.3, -0.25) is 0 Å². The highest BCUT2D eigenvalue weighted by atomic mass is 35.5. The summed E-state index contributed by atoms with van der Waals surface area (Å²) >= 11 is 12.3. The fourth-order valence-corrected chi connectivity index (χ4v) is 2.25. The Balaban J connectivity index is 2.20. The van der Waals surface area contributed by atoms with Gasteiger partial charge in [-0.25, -0.2) is 4.39 Å². The van der Waals surface area contributed by atoms with E-state index in [0.29, 0.717) is 17.0 Å². The fourth-order valence-electron chi connectivity index (χ4n) is 1.70. The minimum atomic E-state index is -0.406. The number of hydrogen-bond acceptors (Lipinski definition) is 0. The maximum atomic E-state index is 13.5. The van der Waals surface area contributed by atoms with Gasteiger partial charge in [-0.1, -0.05) is 48.0 Å². The van der Waals surface area contributed by atoms with Crippen LogP contribution in [0.1, 0.15) is 16.5 Å². The molecular weight excluding hydrogens is 258 g/mol. The third-order valence-corrected chi connectivity index (χ3v) is 3.36. The maximum absolute atomic E-state index is 13.5. The molecule has 0 spiro atoms. The lowest BCUT2D eigenvalue weighted by atomic mass is 10.0. The molecule has 0 aliphatic carbocycles. The number of alkyl halides is 1. The first kappa shape index (κ1) is 12.4. The molecule has 0 amide bonds. The number of rotatable bonds is 3. The van der Waals surface area contributed by atoms with Crippen molar-refractivity contribution in [3.8, 4) is 0 Å². The standard InChI is InChI=1S/C14H11Cl2F/c15-12-7-3-1-5-10(12)9-13(16)11-6-2-4-8-14(11)17/h1-8,13H,9H2. The van der Waals surface area contributed by atoms with E-state index in [9.17, 15) is 4.39 Å². The minimum Gasteiger partial charge on any atom is -0.207 e. The minimum absolute atomic E-state index is 0.278. The average molecular weight is 269 g/mol. The molecule has 1 unspecified atom stereocenters. The molecule has 0 aliphatic heterocycles. The van der Waals surface area contributed by atoms with E-state index in [1.165, 1.54) is 6.07 Å². The van der Waals surface area contributed by atoms with Crippen molar-refractivity contribution in [3.05, 3.63) is 70.5 Å². The Kier molecular flexibility index (Phi) is 4.03. The average Bonchev–Trinajstić information content (AvgIpc) is 2.32. The van der Waals surface area contributed by atoms with E-state index in [2.05, 4.69) is 0 Å². The highest BCUT2D eigenvalue weighted by Crippen LogP contribution is 2.29. The summed E-state index contributed by atoms with van der Waals surface area (Å²) in [5.74, 6) is -0.278. The summed E-state index contributed by atoms with van der Waals surface area (Å²) in [5.41, 5.74) is 1.44. The van der Waals surface area contributed by atoms with Crippen LogP contribution < -0.4 is 0 Å². The smallest absolute Gasteiger partial charge is 0.127 e. The fraction of sp³-hybridized carbons (Fsp3) is 0.143. The molecule has 2 aromatic carbocycles. The van der Waals surface area contributed by atoms with Crippen LogP contribution in [-0.2, 0) is 6.42 Å². The van der Waals surface area contributed by atoms with Gasteiger partial charge in [-0.15, -0.1) is 11.6 Å². The van der Waals surface area contributed by atoms with E-state index in [-0.39, 0.29) is 5.82 Å². The predicted octanol–water partition coefficient (Wildman–Crippen LogP) is 5.00. The number of halogens is 3. The van der Waals surface area contributed by atoms with Crippen LogP contribution in [0.3, 0.4) is 0 Å². The van der Waals surface area contributed by atoms with Crippen molar-refractivity contribution in [2.24, 2.45) is 0 Å². The molecule has 2 rings (SSSR count). The van der Waals surface area contributed by atoms with Crippen molar-refractivity contribution in [1.29, 1.82) is 0 Å². The number of benzene rings is 2. The van der Waals surface area contributed by atoms with Gasteiger partial charge in [0.2, 0.25) is 0 Å². The Hall–Kier alpha value is -1.05. The first-order chi connectivity index (χ1) is 8.18. The predicted molar refractivity (Wildman–Crippen MR) is 70.2 cm³/mol. The van der Waals surface area contributed by atoms with Crippen molar-refractivity contribution in [1.82, 2.24) is 0 Å². The van der Waals surface area contributed by atoms with Crippen LogP contribution in [0.15, 0.2) is 48.5 Å². The van der Waals surface area contributed by atoms with Crippen molar-refractivity contribution in [3.63, 3.8) is 0 Å². The van der Waals surface area contributed by atoms with Crippen molar-refractivity contribution in [2.75, 3.05) is 0 Å². The van der Waals surface area contributed by atoms with Crippen LogP contribution in [0.4, 0.5) is 4.39 Å². The molecule has 0 radical (unpaired) electrons. The summed E-state index contributed by atoms with van der Waals surface area (Å²) in [7, 11) is 0. The second-order valence-electron chi connectivity index (χ2n) is 3.78. The van der Waals surface area contributed by atoms with E-state index in [1.807, 2.05) is 24.3 Å². The van der Waals surface area contributed by atoms with Crippen molar-refractivity contribution < 1.29 is 4.39 Å². The Morgan fingerprint density at radius 3 is 2.35 bits per heavy atom.